The Bertz CT molecular complexity index is 1520. The molecule has 130 valence electrons. The van der Waals surface area contributed by atoms with Crippen molar-refractivity contribution in [1.29, 1.82) is 5.26 Å². The van der Waals surface area contributed by atoms with E-state index in [4.69, 9.17) is 0 Å². The summed E-state index contributed by atoms with van der Waals surface area (Å²) in [5.74, 6) is 0. The summed E-state index contributed by atoms with van der Waals surface area (Å²) < 4.78 is 4.77. The van der Waals surface area contributed by atoms with E-state index >= 15 is 0 Å². The van der Waals surface area contributed by atoms with Crippen LogP contribution in [0.15, 0.2) is 84.9 Å². The van der Waals surface area contributed by atoms with E-state index in [1.807, 2.05) is 12.1 Å². The lowest BCUT2D eigenvalue weighted by Gasteiger charge is -2.10. The van der Waals surface area contributed by atoms with Crippen LogP contribution in [0, 0.1) is 11.3 Å². The number of nitrogens with zero attached hydrogens (tertiary/aromatic N) is 2. The molecule has 2 nitrogen and oxygen atoms in total. The Morgan fingerprint density at radius 1 is 0.679 bits per heavy atom. The minimum absolute atomic E-state index is 0.688. The summed E-state index contributed by atoms with van der Waals surface area (Å²) in [7, 11) is 0. The van der Waals surface area contributed by atoms with Gasteiger partial charge in [0.05, 0.1) is 33.1 Å². The third-order valence-electron chi connectivity index (χ3n) is 5.41. The van der Waals surface area contributed by atoms with Crippen molar-refractivity contribution in [3.8, 4) is 11.8 Å². The quantitative estimate of drug-likeness (QED) is 0.304. The number of aromatic nitrogens is 1. The Kier molecular flexibility index (Phi) is 3.14. The van der Waals surface area contributed by atoms with Gasteiger partial charge < -0.3 is 4.57 Å². The topological polar surface area (TPSA) is 28.7 Å². The minimum Gasteiger partial charge on any atom is -0.308 e. The Morgan fingerprint density at radius 3 is 1.96 bits per heavy atom. The second kappa shape index (κ2) is 5.69. The summed E-state index contributed by atoms with van der Waals surface area (Å²) >= 11 is 1.79. The summed E-state index contributed by atoms with van der Waals surface area (Å²) in [6.45, 7) is 0. The zero-order valence-electron chi connectivity index (χ0n) is 14.9. The highest BCUT2D eigenvalue weighted by molar-refractivity contribution is 7.26. The molecule has 0 aliphatic heterocycles. The molecule has 4 aromatic carbocycles. The Balaban J connectivity index is 1.87. The lowest BCUT2D eigenvalue weighted by atomic mass is 10.1. The molecule has 0 spiro atoms. The Morgan fingerprint density at radius 2 is 1.29 bits per heavy atom. The largest absolute Gasteiger partial charge is 0.308 e. The molecule has 0 aliphatic carbocycles. The van der Waals surface area contributed by atoms with Gasteiger partial charge in [0.2, 0.25) is 0 Å². The summed E-state index contributed by atoms with van der Waals surface area (Å²) in [5.41, 5.74) is 4.09. The van der Waals surface area contributed by atoms with E-state index in [-0.39, 0.29) is 0 Å². The number of thiophene rings is 1. The standard InChI is InChI=1S/C25H14N2S/c26-15-16-13-20-19-9-3-6-12-24(19)28-25(20)23(14-16)27-21-10-4-1-7-17(21)18-8-2-5-11-22(18)27/h1-14H. The van der Waals surface area contributed by atoms with Gasteiger partial charge in [-0.1, -0.05) is 54.6 Å². The molecule has 0 N–H and O–H groups in total. The van der Waals surface area contributed by atoms with Crippen LogP contribution in [-0.4, -0.2) is 4.57 Å². The molecular formula is C25H14N2S. The van der Waals surface area contributed by atoms with Gasteiger partial charge in [0.1, 0.15) is 0 Å². The first-order valence-electron chi connectivity index (χ1n) is 9.19. The van der Waals surface area contributed by atoms with E-state index in [1.54, 1.807) is 11.3 Å². The van der Waals surface area contributed by atoms with Crippen molar-refractivity contribution in [3.05, 3.63) is 90.5 Å². The first-order valence-corrected chi connectivity index (χ1v) is 10.0. The van der Waals surface area contributed by atoms with E-state index in [0.29, 0.717) is 5.56 Å². The SMILES string of the molecule is N#Cc1cc(-n2c3ccccc3c3ccccc32)c2sc3ccccc3c2c1. The molecule has 2 aromatic heterocycles. The molecule has 6 rings (SSSR count). The van der Waals surface area contributed by atoms with Gasteiger partial charge in [-0.2, -0.15) is 5.26 Å². The number of nitriles is 1. The van der Waals surface area contributed by atoms with Gasteiger partial charge >= 0.3 is 0 Å². The molecule has 0 atom stereocenters. The predicted octanol–water partition coefficient (Wildman–Crippen LogP) is 7.02. The summed E-state index contributed by atoms with van der Waals surface area (Å²) in [6.07, 6.45) is 0. The van der Waals surface area contributed by atoms with Crippen LogP contribution >= 0.6 is 11.3 Å². The molecule has 0 fully saturated rings. The highest BCUT2D eigenvalue weighted by Gasteiger charge is 2.17. The van der Waals surface area contributed by atoms with Crippen molar-refractivity contribution in [2.45, 2.75) is 0 Å². The molecule has 0 saturated carbocycles. The molecule has 3 heteroatoms. The second-order valence-corrected chi connectivity index (χ2v) is 8.00. The van der Waals surface area contributed by atoms with Gasteiger partial charge in [0.25, 0.3) is 0 Å². The predicted molar refractivity (Wildman–Crippen MR) is 118 cm³/mol. The monoisotopic (exact) mass is 374 g/mol. The molecule has 28 heavy (non-hydrogen) atoms. The van der Waals surface area contributed by atoms with E-state index in [1.165, 1.54) is 25.6 Å². The normalized spacial score (nSPS) is 11.5. The molecule has 0 bridgehead atoms. The number of fused-ring (bicyclic) bond motifs is 6. The average Bonchev–Trinajstić information content (AvgIpc) is 3.29. The van der Waals surface area contributed by atoms with Gasteiger partial charge in [-0.15, -0.1) is 11.3 Å². The molecule has 0 radical (unpaired) electrons. The number of benzene rings is 4. The maximum absolute atomic E-state index is 9.70. The van der Waals surface area contributed by atoms with Crippen LogP contribution in [0.3, 0.4) is 0 Å². The fraction of sp³-hybridized carbons (Fsp3) is 0. The van der Waals surface area contributed by atoms with Gasteiger partial charge in [0, 0.05) is 26.2 Å². The van der Waals surface area contributed by atoms with Crippen LogP contribution in [0.25, 0.3) is 47.7 Å². The lowest BCUT2D eigenvalue weighted by molar-refractivity contribution is 1.20. The van der Waals surface area contributed by atoms with Gasteiger partial charge in [0.15, 0.2) is 0 Å². The maximum Gasteiger partial charge on any atom is 0.0992 e. The lowest BCUT2D eigenvalue weighted by Crippen LogP contribution is -1.95. The molecule has 0 aliphatic rings. The first-order chi connectivity index (χ1) is 13.8. The van der Waals surface area contributed by atoms with Crippen LogP contribution in [0.5, 0.6) is 0 Å². The van der Waals surface area contributed by atoms with Crippen LogP contribution in [-0.2, 0) is 0 Å². The van der Waals surface area contributed by atoms with Crippen molar-refractivity contribution in [1.82, 2.24) is 4.57 Å². The van der Waals surface area contributed by atoms with Crippen molar-refractivity contribution in [3.63, 3.8) is 0 Å². The van der Waals surface area contributed by atoms with Crippen LogP contribution in [0.2, 0.25) is 0 Å². The smallest absolute Gasteiger partial charge is 0.0992 e. The van der Waals surface area contributed by atoms with Gasteiger partial charge in [-0.05, 0) is 30.3 Å². The van der Waals surface area contributed by atoms with Crippen LogP contribution in [0.4, 0.5) is 0 Å². The molecule has 2 heterocycles. The number of para-hydroxylation sites is 2. The Labute approximate surface area is 165 Å². The third kappa shape index (κ3) is 2.01. The maximum atomic E-state index is 9.70. The van der Waals surface area contributed by atoms with E-state index in [9.17, 15) is 5.26 Å². The van der Waals surface area contributed by atoms with Crippen molar-refractivity contribution < 1.29 is 0 Å². The minimum atomic E-state index is 0.688. The van der Waals surface area contributed by atoms with Gasteiger partial charge in [-0.25, -0.2) is 0 Å². The fourth-order valence-corrected chi connectivity index (χ4v) is 5.41. The second-order valence-electron chi connectivity index (χ2n) is 6.95. The fourth-order valence-electron chi connectivity index (χ4n) is 4.22. The molecule has 0 saturated heterocycles. The highest BCUT2D eigenvalue weighted by Crippen LogP contribution is 2.41. The van der Waals surface area contributed by atoms with Crippen molar-refractivity contribution in [2.24, 2.45) is 0 Å². The molecular weight excluding hydrogens is 360 g/mol. The average molecular weight is 374 g/mol. The number of hydrogen-bond donors (Lipinski definition) is 0. The zero-order valence-corrected chi connectivity index (χ0v) is 15.7. The number of hydrogen-bond acceptors (Lipinski definition) is 2. The van der Waals surface area contributed by atoms with Crippen molar-refractivity contribution >= 4 is 53.3 Å². The molecule has 0 unspecified atom stereocenters. The highest BCUT2D eigenvalue weighted by atomic mass is 32.1. The third-order valence-corrected chi connectivity index (χ3v) is 6.62. The summed E-state index contributed by atoms with van der Waals surface area (Å²) in [4.78, 5) is 0. The van der Waals surface area contributed by atoms with E-state index < -0.39 is 0 Å². The van der Waals surface area contributed by atoms with E-state index in [0.717, 1.165) is 22.1 Å². The number of rotatable bonds is 1. The molecule has 0 amide bonds. The summed E-state index contributed by atoms with van der Waals surface area (Å²) in [6, 6.07) is 31.8. The van der Waals surface area contributed by atoms with Crippen LogP contribution in [0.1, 0.15) is 5.56 Å². The first kappa shape index (κ1) is 15.4. The van der Waals surface area contributed by atoms with Crippen LogP contribution < -0.4 is 0 Å². The van der Waals surface area contributed by atoms with E-state index in [2.05, 4.69) is 83.4 Å². The van der Waals surface area contributed by atoms with Gasteiger partial charge in [-0.3, -0.25) is 0 Å². The Hall–Kier alpha value is -3.61. The zero-order chi connectivity index (χ0) is 18.7. The molecule has 6 aromatic rings. The van der Waals surface area contributed by atoms with Crippen molar-refractivity contribution in [2.75, 3.05) is 0 Å². The summed E-state index contributed by atoms with van der Waals surface area (Å²) in [5, 5.41) is 14.5.